The molecule has 166 valence electrons. The number of nitrogens with one attached hydrogen (secondary N) is 1. The van der Waals surface area contributed by atoms with E-state index in [2.05, 4.69) is 15.6 Å². The Kier molecular flexibility index (Phi) is 5.65. The van der Waals surface area contributed by atoms with Crippen molar-refractivity contribution in [1.82, 2.24) is 30.1 Å². The van der Waals surface area contributed by atoms with Gasteiger partial charge in [0.25, 0.3) is 5.91 Å². The van der Waals surface area contributed by atoms with Gasteiger partial charge in [-0.15, -0.1) is 5.10 Å². The highest BCUT2D eigenvalue weighted by atomic mass is 19.4. The number of amides is 2. The van der Waals surface area contributed by atoms with Crippen LogP contribution in [0.5, 0.6) is 0 Å². The molecule has 31 heavy (non-hydrogen) atoms. The number of aromatic nitrogens is 3. The van der Waals surface area contributed by atoms with Crippen molar-refractivity contribution in [3.05, 3.63) is 41.5 Å². The van der Waals surface area contributed by atoms with Gasteiger partial charge in [0.2, 0.25) is 5.91 Å². The van der Waals surface area contributed by atoms with Crippen molar-refractivity contribution >= 4 is 11.8 Å². The molecule has 2 heterocycles. The summed E-state index contributed by atoms with van der Waals surface area (Å²) in [5.74, 6) is -1.59. The molecule has 0 atom stereocenters. The third kappa shape index (κ3) is 4.84. The number of piperazine rings is 1. The van der Waals surface area contributed by atoms with E-state index < -0.39 is 29.3 Å². The monoisotopic (exact) mass is 440 g/mol. The highest BCUT2D eigenvalue weighted by Gasteiger charge is 2.43. The molecule has 2 aromatic rings. The van der Waals surface area contributed by atoms with Crippen molar-refractivity contribution < 1.29 is 27.2 Å². The molecule has 2 fully saturated rings. The number of rotatable bonds is 5. The molecule has 0 unspecified atom stereocenters. The first-order chi connectivity index (χ1) is 14.7. The minimum absolute atomic E-state index is 0.0632. The van der Waals surface area contributed by atoms with Crippen LogP contribution < -0.4 is 5.32 Å². The molecule has 2 aliphatic rings. The molecular weight excluding hydrogens is 420 g/mol. The number of benzene rings is 1. The van der Waals surface area contributed by atoms with Crippen molar-refractivity contribution in [2.24, 2.45) is 0 Å². The molecule has 1 aliphatic heterocycles. The van der Waals surface area contributed by atoms with E-state index in [1.807, 2.05) is 4.90 Å². The Hall–Kier alpha value is -3.02. The summed E-state index contributed by atoms with van der Waals surface area (Å²) >= 11 is 0. The molecule has 8 nitrogen and oxygen atoms in total. The van der Waals surface area contributed by atoms with Crippen LogP contribution in [0.1, 0.15) is 29.0 Å². The van der Waals surface area contributed by atoms with Crippen LogP contribution in [0, 0.1) is 5.82 Å². The van der Waals surface area contributed by atoms with Crippen molar-refractivity contribution in [3.8, 4) is 5.69 Å². The molecule has 1 aromatic heterocycles. The van der Waals surface area contributed by atoms with Crippen molar-refractivity contribution in [2.45, 2.75) is 25.1 Å². The standard InChI is InChI=1S/C19H20F4N6O2/c20-12-1-5-14(6-2-12)29-17(19(21,22)23)16(25-26-29)18(31)28-9-7-27(8-10-28)11-15(30)24-13-3-4-13/h1-2,5-6,13H,3-4,7-11H2,(H,24,30). The molecule has 0 radical (unpaired) electrons. The van der Waals surface area contributed by atoms with Crippen molar-refractivity contribution in [1.29, 1.82) is 0 Å². The number of hydrogen-bond acceptors (Lipinski definition) is 5. The SMILES string of the molecule is O=C(CN1CCN(C(=O)c2nnn(-c3ccc(F)cc3)c2C(F)(F)F)CC1)NC1CC1. The van der Waals surface area contributed by atoms with Crippen LogP contribution in [0.2, 0.25) is 0 Å². The van der Waals surface area contributed by atoms with Gasteiger partial charge in [-0.2, -0.15) is 13.2 Å². The van der Waals surface area contributed by atoms with Gasteiger partial charge in [-0.05, 0) is 37.1 Å². The zero-order chi connectivity index (χ0) is 22.2. The fourth-order valence-electron chi connectivity index (χ4n) is 3.41. The van der Waals surface area contributed by atoms with E-state index in [4.69, 9.17) is 0 Å². The second kappa shape index (κ2) is 8.25. The lowest BCUT2D eigenvalue weighted by atomic mass is 10.2. The van der Waals surface area contributed by atoms with Crippen LogP contribution in [0.25, 0.3) is 5.69 Å². The zero-order valence-electron chi connectivity index (χ0n) is 16.4. The minimum Gasteiger partial charge on any atom is -0.352 e. The van der Waals surface area contributed by atoms with Crippen LogP contribution in [0.3, 0.4) is 0 Å². The van der Waals surface area contributed by atoms with Gasteiger partial charge < -0.3 is 10.2 Å². The van der Waals surface area contributed by atoms with E-state index in [0.29, 0.717) is 17.8 Å². The van der Waals surface area contributed by atoms with Gasteiger partial charge in [0.15, 0.2) is 11.4 Å². The number of alkyl halides is 3. The number of nitrogens with zero attached hydrogens (tertiary/aromatic N) is 5. The number of carbonyl (C=O) groups excluding carboxylic acids is 2. The van der Waals surface area contributed by atoms with Gasteiger partial charge in [0.1, 0.15) is 5.82 Å². The summed E-state index contributed by atoms with van der Waals surface area (Å²) in [6.45, 7) is 1.23. The third-order valence-corrected chi connectivity index (χ3v) is 5.18. The minimum atomic E-state index is -4.90. The summed E-state index contributed by atoms with van der Waals surface area (Å²) in [6, 6.07) is 4.49. The molecule has 1 aromatic carbocycles. The van der Waals surface area contributed by atoms with Gasteiger partial charge >= 0.3 is 6.18 Å². The Labute approximate surface area is 174 Å². The molecule has 1 saturated carbocycles. The number of carbonyl (C=O) groups is 2. The van der Waals surface area contributed by atoms with Crippen molar-refractivity contribution in [2.75, 3.05) is 32.7 Å². The number of halogens is 4. The summed E-state index contributed by atoms with van der Waals surface area (Å²) in [5, 5.41) is 9.87. The Balaban J connectivity index is 1.47. The molecule has 1 N–H and O–H groups in total. The van der Waals surface area contributed by atoms with E-state index in [9.17, 15) is 27.2 Å². The quantitative estimate of drug-likeness (QED) is 0.712. The maximum absolute atomic E-state index is 13.8. The van der Waals surface area contributed by atoms with E-state index in [0.717, 1.165) is 37.1 Å². The average molecular weight is 440 g/mol. The van der Waals surface area contributed by atoms with Gasteiger partial charge in [0.05, 0.1) is 12.2 Å². The first kappa shape index (κ1) is 21.2. The first-order valence-corrected chi connectivity index (χ1v) is 9.82. The molecule has 1 saturated heterocycles. The fourth-order valence-corrected chi connectivity index (χ4v) is 3.41. The molecule has 1 aliphatic carbocycles. The number of hydrogen-bond donors (Lipinski definition) is 1. The van der Waals surface area contributed by atoms with Crippen LogP contribution in [0.15, 0.2) is 24.3 Å². The topological polar surface area (TPSA) is 83.4 Å². The summed E-state index contributed by atoms with van der Waals surface area (Å²) in [5.41, 5.74) is -2.18. The van der Waals surface area contributed by atoms with Crippen LogP contribution in [-0.4, -0.2) is 75.4 Å². The van der Waals surface area contributed by atoms with Gasteiger partial charge in [0, 0.05) is 32.2 Å². The summed E-state index contributed by atoms with van der Waals surface area (Å²) in [6.07, 6.45) is -2.94. The Bertz CT molecular complexity index is 963. The molecule has 0 bridgehead atoms. The Morgan fingerprint density at radius 3 is 2.29 bits per heavy atom. The predicted molar refractivity (Wildman–Crippen MR) is 99.8 cm³/mol. The van der Waals surface area contributed by atoms with Gasteiger partial charge in [-0.25, -0.2) is 9.07 Å². The van der Waals surface area contributed by atoms with E-state index in [1.165, 1.54) is 4.90 Å². The van der Waals surface area contributed by atoms with Gasteiger partial charge in [-0.3, -0.25) is 14.5 Å². The van der Waals surface area contributed by atoms with E-state index in [-0.39, 0.29) is 37.3 Å². The molecule has 12 heteroatoms. The maximum Gasteiger partial charge on any atom is 0.435 e. The lowest BCUT2D eigenvalue weighted by Gasteiger charge is -2.34. The van der Waals surface area contributed by atoms with Crippen molar-refractivity contribution in [3.63, 3.8) is 0 Å². The van der Waals surface area contributed by atoms with Crippen LogP contribution in [0.4, 0.5) is 17.6 Å². The second-order valence-electron chi connectivity index (χ2n) is 7.58. The Morgan fingerprint density at radius 2 is 1.71 bits per heavy atom. The highest BCUT2D eigenvalue weighted by molar-refractivity contribution is 5.93. The highest BCUT2D eigenvalue weighted by Crippen LogP contribution is 2.33. The molecule has 2 amide bonds. The average Bonchev–Trinajstić information content (AvgIpc) is 3.40. The molecule has 0 spiro atoms. The Morgan fingerprint density at radius 1 is 1.06 bits per heavy atom. The summed E-state index contributed by atoms with van der Waals surface area (Å²) in [4.78, 5) is 27.8. The molecular formula is C19H20F4N6O2. The maximum atomic E-state index is 13.8. The van der Waals surface area contributed by atoms with Gasteiger partial charge in [-0.1, -0.05) is 5.21 Å². The smallest absolute Gasteiger partial charge is 0.352 e. The van der Waals surface area contributed by atoms with E-state index >= 15 is 0 Å². The lowest BCUT2D eigenvalue weighted by Crippen LogP contribution is -2.51. The largest absolute Gasteiger partial charge is 0.435 e. The van der Waals surface area contributed by atoms with Crippen LogP contribution >= 0.6 is 0 Å². The predicted octanol–water partition coefficient (Wildman–Crippen LogP) is 1.46. The zero-order valence-corrected chi connectivity index (χ0v) is 16.4. The third-order valence-electron chi connectivity index (χ3n) is 5.18. The van der Waals surface area contributed by atoms with E-state index in [1.54, 1.807) is 0 Å². The normalized spacial score (nSPS) is 17.6. The molecule has 4 rings (SSSR count). The first-order valence-electron chi connectivity index (χ1n) is 9.82. The lowest BCUT2D eigenvalue weighted by molar-refractivity contribution is -0.143. The summed E-state index contributed by atoms with van der Waals surface area (Å²) < 4.78 is 54.9. The summed E-state index contributed by atoms with van der Waals surface area (Å²) in [7, 11) is 0. The fraction of sp³-hybridized carbons (Fsp3) is 0.474. The second-order valence-corrected chi connectivity index (χ2v) is 7.58. The van der Waals surface area contributed by atoms with Crippen LogP contribution in [-0.2, 0) is 11.0 Å².